The average molecular weight is 393 g/mol. The minimum Gasteiger partial charge on any atom is -0.464 e. The van der Waals surface area contributed by atoms with Gasteiger partial charge >= 0.3 is 0 Å². The van der Waals surface area contributed by atoms with Crippen LogP contribution in [-0.2, 0) is 4.74 Å². The van der Waals surface area contributed by atoms with Crippen molar-refractivity contribution in [3.8, 4) is 5.75 Å². The van der Waals surface area contributed by atoms with Gasteiger partial charge in [-0.1, -0.05) is 73.6 Å². The molecule has 29 heavy (non-hydrogen) atoms. The lowest BCUT2D eigenvalue weighted by Crippen LogP contribution is -2.25. The molecule has 2 heteroatoms. The molecule has 1 aliphatic carbocycles. The van der Waals surface area contributed by atoms with Crippen LogP contribution in [0.1, 0.15) is 71.8 Å². The first-order valence-electron chi connectivity index (χ1n) is 11.1. The van der Waals surface area contributed by atoms with Gasteiger partial charge in [0.2, 0.25) is 0 Å². The maximum atomic E-state index is 6.09. The highest BCUT2D eigenvalue weighted by molar-refractivity contribution is 5.58. The van der Waals surface area contributed by atoms with Gasteiger partial charge in [0.15, 0.2) is 6.29 Å². The number of hydrogen-bond acceptors (Lipinski definition) is 2. The molecular formula is C27H36O2. The Bertz CT molecular complexity index is 802. The third-order valence-corrected chi connectivity index (χ3v) is 6.01. The largest absolute Gasteiger partial charge is 0.464 e. The van der Waals surface area contributed by atoms with Gasteiger partial charge in [-0.3, -0.25) is 0 Å². The van der Waals surface area contributed by atoms with Crippen molar-refractivity contribution >= 4 is 6.08 Å². The highest BCUT2D eigenvalue weighted by Crippen LogP contribution is 2.40. The molecule has 2 aliphatic rings. The van der Waals surface area contributed by atoms with E-state index in [4.69, 9.17) is 9.47 Å². The second-order valence-electron chi connectivity index (χ2n) is 8.99. The van der Waals surface area contributed by atoms with Gasteiger partial charge < -0.3 is 9.47 Å². The third-order valence-electron chi connectivity index (χ3n) is 6.01. The summed E-state index contributed by atoms with van der Waals surface area (Å²) >= 11 is 0. The number of para-hydroxylation sites is 1. The third kappa shape index (κ3) is 6.21. The van der Waals surface area contributed by atoms with Crippen LogP contribution in [0.15, 0.2) is 65.3 Å². The van der Waals surface area contributed by atoms with Crippen LogP contribution in [0.25, 0.3) is 6.08 Å². The van der Waals surface area contributed by atoms with Gasteiger partial charge in [-0.15, -0.1) is 0 Å². The lowest BCUT2D eigenvalue weighted by atomic mass is 9.72. The molecule has 1 aromatic rings. The molecule has 0 N–H and O–H groups in total. The van der Waals surface area contributed by atoms with Gasteiger partial charge in [0, 0.05) is 12.0 Å². The lowest BCUT2D eigenvalue weighted by molar-refractivity contribution is -0.106. The van der Waals surface area contributed by atoms with Gasteiger partial charge in [0.1, 0.15) is 5.75 Å². The summed E-state index contributed by atoms with van der Waals surface area (Å²) in [6, 6.07) is 8.17. The first-order chi connectivity index (χ1) is 14.0. The topological polar surface area (TPSA) is 18.5 Å². The van der Waals surface area contributed by atoms with E-state index in [2.05, 4.69) is 64.1 Å². The van der Waals surface area contributed by atoms with E-state index in [9.17, 15) is 0 Å². The van der Waals surface area contributed by atoms with Crippen molar-refractivity contribution in [2.75, 3.05) is 6.61 Å². The fourth-order valence-electron chi connectivity index (χ4n) is 4.26. The molecule has 1 saturated heterocycles. The quantitative estimate of drug-likeness (QED) is 0.463. The van der Waals surface area contributed by atoms with Crippen LogP contribution in [0.5, 0.6) is 5.75 Å². The Morgan fingerprint density at radius 2 is 1.97 bits per heavy atom. The number of ether oxygens (including phenoxy) is 2. The summed E-state index contributed by atoms with van der Waals surface area (Å²) in [7, 11) is 0. The Balaban J connectivity index is 1.66. The monoisotopic (exact) mass is 392 g/mol. The van der Waals surface area contributed by atoms with Gasteiger partial charge in [0.05, 0.1) is 6.61 Å². The van der Waals surface area contributed by atoms with Gasteiger partial charge in [0.25, 0.3) is 0 Å². The Hall–Kier alpha value is -2.06. The van der Waals surface area contributed by atoms with Crippen molar-refractivity contribution in [2.45, 2.75) is 72.5 Å². The molecule has 0 saturated carbocycles. The second kappa shape index (κ2) is 10.1. The van der Waals surface area contributed by atoms with E-state index < -0.39 is 0 Å². The maximum Gasteiger partial charge on any atom is 0.199 e. The highest BCUT2D eigenvalue weighted by atomic mass is 16.7. The molecule has 0 amide bonds. The van der Waals surface area contributed by atoms with Crippen LogP contribution in [-0.4, -0.2) is 12.9 Å². The number of hydrogen-bond donors (Lipinski definition) is 0. The first kappa shape index (κ1) is 21.6. The van der Waals surface area contributed by atoms with E-state index in [1.807, 2.05) is 18.2 Å². The second-order valence-corrected chi connectivity index (χ2v) is 8.99. The van der Waals surface area contributed by atoms with Crippen LogP contribution in [0, 0.1) is 5.41 Å². The number of benzene rings is 1. The Morgan fingerprint density at radius 1 is 1.14 bits per heavy atom. The Morgan fingerprint density at radius 3 is 2.72 bits per heavy atom. The van der Waals surface area contributed by atoms with Crippen LogP contribution in [0.2, 0.25) is 0 Å². The summed E-state index contributed by atoms with van der Waals surface area (Å²) in [5, 5.41) is 0. The maximum absolute atomic E-state index is 6.09. The molecule has 156 valence electrons. The standard InChI is InChI=1S/C27H36O2/c1-21(17-18-24-22(2)12-10-19-27(24,3)4)11-9-14-23-13-5-6-15-25(23)29-26-16-7-8-20-28-26/h5-6,9,11,13-15,17-18,26H,7-8,10,12,16,19-20H2,1-4H3/b14-9+,18-17?,21-11?. The predicted molar refractivity (Wildman–Crippen MR) is 123 cm³/mol. The molecule has 3 rings (SSSR count). The van der Waals surface area contributed by atoms with Crippen molar-refractivity contribution in [1.29, 1.82) is 0 Å². The van der Waals surface area contributed by atoms with Crippen LogP contribution >= 0.6 is 0 Å². The van der Waals surface area contributed by atoms with E-state index >= 15 is 0 Å². The summed E-state index contributed by atoms with van der Waals surface area (Å²) in [6.45, 7) is 9.96. The number of allylic oxidation sites excluding steroid dienone is 7. The highest BCUT2D eigenvalue weighted by Gasteiger charge is 2.26. The molecule has 0 bridgehead atoms. The zero-order valence-corrected chi connectivity index (χ0v) is 18.5. The van der Waals surface area contributed by atoms with Crippen molar-refractivity contribution in [3.05, 3.63) is 70.9 Å². The van der Waals surface area contributed by atoms with E-state index in [0.717, 1.165) is 30.8 Å². The molecule has 0 radical (unpaired) electrons. The van der Waals surface area contributed by atoms with Gasteiger partial charge in [-0.2, -0.15) is 0 Å². The molecule has 1 heterocycles. The van der Waals surface area contributed by atoms with Crippen LogP contribution in [0.4, 0.5) is 0 Å². The van der Waals surface area contributed by atoms with E-state index in [1.54, 1.807) is 0 Å². The van der Waals surface area contributed by atoms with Gasteiger partial charge in [-0.25, -0.2) is 0 Å². The molecule has 1 aliphatic heterocycles. The van der Waals surface area contributed by atoms with Crippen molar-refractivity contribution in [2.24, 2.45) is 5.41 Å². The minimum absolute atomic E-state index is 0.117. The molecule has 1 atom stereocenters. The minimum atomic E-state index is -0.117. The van der Waals surface area contributed by atoms with E-state index in [-0.39, 0.29) is 11.7 Å². The SMILES string of the molecule is CC(C=CC1=C(C)CCCC1(C)C)=C/C=C/c1ccccc1OC1CCCCO1. The zero-order chi connectivity index (χ0) is 20.7. The summed E-state index contributed by atoms with van der Waals surface area (Å²) in [5.41, 5.74) is 5.66. The number of rotatable bonds is 6. The average Bonchev–Trinajstić information content (AvgIpc) is 2.69. The summed E-state index contributed by atoms with van der Waals surface area (Å²) in [6.07, 6.45) is 17.9. The molecule has 2 nitrogen and oxygen atoms in total. The smallest absolute Gasteiger partial charge is 0.199 e. The summed E-state index contributed by atoms with van der Waals surface area (Å²) in [5.74, 6) is 0.891. The van der Waals surface area contributed by atoms with Crippen LogP contribution < -0.4 is 4.74 Å². The first-order valence-corrected chi connectivity index (χ1v) is 11.1. The predicted octanol–water partition coefficient (Wildman–Crippen LogP) is 7.63. The molecule has 1 unspecified atom stereocenters. The molecular weight excluding hydrogens is 356 g/mol. The van der Waals surface area contributed by atoms with Crippen molar-refractivity contribution < 1.29 is 9.47 Å². The van der Waals surface area contributed by atoms with Gasteiger partial charge in [-0.05, 0) is 63.0 Å². The van der Waals surface area contributed by atoms with Crippen molar-refractivity contribution in [1.82, 2.24) is 0 Å². The Kier molecular flexibility index (Phi) is 7.55. The van der Waals surface area contributed by atoms with Crippen molar-refractivity contribution in [3.63, 3.8) is 0 Å². The van der Waals surface area contributed by atoms with E-state index in [1.165, 1.54) is 42.4 Å². The fourth-order valence-corrected chi connectivity index (χ4v) is 4.26. The molecule has 1 aromatic carbocycles. The summed E-state index contributed by atoms with van der Waals surface area (Å²) < 4.78 is 11.8. The Labute approximate surface area is 177 Å². The normalized spacial score (nSPS) is 23.2. The van der Waals surface area contributed by atoms with E-state index in [0.29, 0.717) is 0 Å². The molecule has 0 aromatic heterocycles. The zero-order valence-electron chi connectivity index (χ0n) is 18.5. The summed E-state index contributed by atoms with van der Waals surface area (Å²) in [4.78, 5) is 0. The molecule has 0 spiro atoms. The lowest BCUT2D eigenvalue weighted by Gasteiger charge is -2.32. The molecule has 1 fully saturated rings. The van der Waals surface area contributed by atoms with Crippen LogP contribution in [0.3, 0.4) is 0 Å². The fraction of sp³-hybridized carbons (Fsp3) is 0.481.